The van der Waals surface area contributed by atoms with Crippen LogP contribution in [0.15, 0.2) is 16.9 Å². The predicted octanol–water partition coefficient (Wildman–Crippen LogP) is -0.101. The molecule has 104 valence electrons. The Morgan fingerprint density at radius 1 is 1.26 bits per heavy atom. The number of hydrogen-bond acceptors (Lipinski definition) is 7. The quantitative estimate of drug-likeness (QED) is 0.568. The number of rotatable bonds is 6. The zero-order chi connectivity index (χ0) is 14.3. The second-order valence-electron chi connectivity index (χ2n) is 3.30. The van der Waals surface area contributed by atoms with E-state index in [9.17, 15) is 14.4 Å². The third-order valence-corrected chi connectivity index (χ3v) is 1.99. The second-order valence-corrected chi connectivity index (χ2v) is 3.30. The number of carbonyl (C=O) groups is 3. The maximum atomic E-state index is 11.7. The molecule has 1 heterocycles. The number of hydrogen-bond donors (Lipinski definition) is 1. The Bertz CT molecular complexity index is 424. The molecule has 1 aromatic rings. The molecule has 8 heteroatoms. The Morgan fingerprint density at radius 3 is 2.26 bits per heavy atom. The highest BCUT2D eigenvalue weighted by Crippen LogP contribution is 1.99. The minimum absolute atomic E-state index is 0.0569. The molecule has 0 saturated carbocycles. The van der Waals surface area contributed by atoms with Crippen molar-refractivity contribution in [3.8, 4) is 0 Å². The standard InChI is InChI=1S/C11H14N2O6/c1-3-17-10(15)8(11(16)18-4-2)12-9(14)7-5-6-19-13-7/h5-6,8H,3-4H2,1-2H3,(H,12,14). The van der Waals surface area contributed by atoms with Gasteiger partial charge in [0.2, 0.25) is 6.04 Å². The van der Waals surface area contributed by atoms with Gasteiger partial charge in [-0.25, -0.2) is 9.59 Å². The number of nitrogens with zero attached hydrogens (tertiary/aromatic N) is 1. The normalized spacial score (nSPS) is 10.1. The van der Waals surface area contributed by atoms with Crippen molar-refractivity contribution in [1.29, 1.82) is 0 Å². The molecule has 0 atom stereocenters. The smallest absolute Gasteiger partial charge is 0.340 e. The van der Waals surface area contributed by atoms with E-state index < -0.39 is 23.9 Å². The topological polar surface area (TPSA) is 108 Å². The maximum absolute atomic E-state index is 11.7. The van der Waals surface area contributed by atoms with Crippen LogP contribution in [0.4, 0.5) is 0 Å². The lowest BCUT2D eigenvalue weighted by Crippen LogP contribution is -2.48. The van der Waals surface area contributed by atoms with Gasteiger partial charge in [0.1, 0.15) is 6.26 Å². The predicted molar refractivity (Wildman–Crippen MR) is 61.0 cm³/mol. The summed E-state index contributed by atoms with van der Waals surface area (Å²) in [5, 5.41) is 5.57. The summed E-state index contributed by atoms with van der Waals surface area (Å²) in [5.74, 6) is -2.52. The molecule has 1 N–H and O–H groups in total. The minimum atomic E-state index is -1.52. The van der Waals surface area contributed by atoms with Crippen molar-refractivity contribution in [2.24, 2.45) is 0 Å². The van der Waals surface area contributed by atoms with Crippen LogP contribution in [0.5, 0.6) is 0 Å². The highest BCUT2D eigenvalue weighted by molar-refractivity contribution is 6.05. The molecule has 0 saturated heterocycles. The molecule has 0 fully saturated rings. The second kappa shape index (κ2) is 7.14. The average molecular weight is 270 g/mol. The molecular formula is C11H14N2O6. The molecule has 0 spiro atoms. The zero-order valence-electron chi connectivity index (χ0n) is 10.5. The first-order valence-corrected chi connectivity index (χ1v) is 5.64. The SMILES string of the molecule is CCOC(=O)C(NC(=O)c1ccon1)C(=O)OCC. The number of carbonyl (C=O) groups excluding carboxylic acids is 3. The lowest BCUT2D eigenvalue weighted by Gasteiger charge is -2.14. The third kappa shape index (κ3) is 4.09. The van der Waals surface area contributed by atoms with Gasteiger partial charge in [-0.15, -0.1) is 0 Å². The van der Waals surface area contributed by atoms with E-state index in [-0.39, 0.29) is 18.9 Å². The molecule has 0 aromatic carbocycles. The number of nitrogens with one attached hydrogen (secondary N) is 1. The summed E-state index contributed by atoms with van der Waals surface area (Å²) in [5.41, 5.74) is -0.0569. The Hall–Kier alpha value is -2.38. The van der Waals surface area contributed by atoms with E-state index in [1.54, 1.807) is 13.8 Å². The van der Waals surface area contributed by atoms with Crippen molar-refractivity contribution in [2.45, 2.75) is 19.9 Å². The van der Waals surface area contributed by atoms with Gasteiger partial charge in [0.05, 0.1) is 13.2 Å². The van der Waals surface area contributed by atoms with E-state index in [0.29, 0.717) is 0 Å². The maximum Gasteiger partial charge on any atom is 0.340 e. The third-order valence-electron chi connectivity index (χ3n) is 1.99. The lowest BCUT2D eigenvalue weighted by atomic mass is 10.2. The first kappa shape index (κ1) is 14.7. The fraction of sp³-hybridized carbons (Fsp3) is 0.455. The summed E-state index contributed by atoms with van der Waals surface area (Å²) in [4.78, 5) is 34.9. The Morgan fingerprint density at radius 2 is 1.84 bits per heavy atom. The van der Waals surface area contributed by atoms with E-state index in [1.807, 2.05) is 0 Å². The van der Waals surface area contributed by atoms with Gasteiger partial charge >= 0.3 is 11.9 Å². The minimum Gasteiger partial charge on any atom is -0.464 e. The monoisotopic (exact) mass is 270 g/mol. The zero-order valence-corrected chi connectivity index (χ0v) is 10.5. The van der Waals surface area contributed by atoms with Crippen LogP contribution in [0.2, 0.25) is 0 Å². The summed E-state index contributed by atoms with van der Waals surface area (Å²) < 4.78 is 13.9. The fourth-order valence-corrected chi connectivity index (χ4v) is 1.20. The number of amides is 1. The molecule has 8 nitrogen and oxygen atoms in total. The molecule has 0 aliphatic heterocycles. The lowest BCUT2D eigenvalue weighted by molar-refractivity contribution is -0.157. The summed E-state index contributed by atoms with van der Waals surface area (Å²) >= 11 is 0. The van der Waals surface area contributed by atoms with Gasteiger partial charge in [0.25, 0.3) is 5.91 Å². The van der Waals surface area contributed by atoms with Crippen LogP contribution in [0.3, 0.4) is 0 Å². The van der Waals surface area contributed by atoms with Crippen LogP contribution in [-0.4, -0.2) is 42.3 Å². The Labute approximate surface area is 109 Å². The molecule has 0 aliphatic rings. The molecule has 0 aliphatic carbocycles. The number of aromatic nitrogens is 1. The van der Waals surface area contributed by atoms with Crippen LogP contribution in [-0.2, 0) is 19.1 Å². The van der Waals surface area contributed by atoms with Gasteiger partial charge in [-0.1, -0.05) is 5.16 Å². The number of esters is 2. The van der Waals surface area contributed by atoms with Gasteiger partial charge in [-0.3, -0.25) is 4.79 Å². The molecule has 0 unspecified atom stereocenters. The van der Waals surface area contributed by atoms with Crippen molar-refractivity contribution in [1.82, 2.24) is 10.5 Å². The van der Waals surface area contributed by atoms with Gasteiger partial charge in [-0.2, -0.15) is 0 Å². The average Bonchev–Trinajstić information content (AvgIpc) is 2.90. The summed E-state index contributed by atoms with van der Waals surface area (Å²) in [6.45, 7) is 3.32. The van der Waals surface area contributed by atoms with Gasteiger partial charge < -0.3 is 19.3 Å². The molecule has 19 heavy (non-hydrogen) atoms. The van der Waals surface area contributed by atoms with Crippen LogP contribution >= 0.6 is 0 Å². The molecule has 1 aromatic heterocycles. The highest BCUT2D eigenvalue weighted by atomic mass is 16.6. The van der Waals surface area contributed by atoms with Gasteiger partial charge in [-0.05, 0) is 13.8 Å². The summed E-state index contributed by atoms with van der Waals surface area (Å²) in [6.07, 6.45) is 1.19. The van der Waals surface area contributed by atoms with Crippen molar-refractivity contribution in [2.75, 3.05) is 13.2 Å². The Balaban J connectivity index is 2.76. The van der Waals surface area contributed by atoms with E-state index in [1.165, 1.54) is 12.3 Å². The van der Waals surface area contributed by atoms with Crippen molar-refractivity contribution >= 4 is 17.8 Å². The number of ether oxygens (including phenoxy) is 2. The van der Waals surface area contributed by atoms with Crippen LogP contribution in [0.25, 0.3) is 0 Å². The fourth-order valence-electron chi connectivity index (χ4n) is 1.20. The highest BCUT2D eigenvalue weighted by Gasteiger charge is 2.32. The Kier molecular flexibility index (Phi) is 5.52. The molecular weight excluding hydrogens is 256 g/mol. The first-order valence-electron chi connectivity index (χ1n) is 5.64. The summed E-state index contributed by atoms with van der Waals surface area (Å²) in [6, 6.07) is -0.230. The van der Waals surface area contributed by atoms with E-state index in [4.69, 9.17) is 9.47 Å². The molecule has 0 bridgehead atoms. The summed E-state index contributed by atoms with van der Waals surface area (Å²) in [7, 11) is 0. The molecule has 0 radical (unpaired) electrons. The largest absolute Gasteiger partial charge is 0.464 e. The van der Waals surface area contributed by atoms with Crippen LogP contribution in [0, 0.1) is 0 Å². The van der Waals surface area contributed by atoms with Gasteiger partial charge in [0.15, 0.2) is 5.69 Å². The van der Waals surface area contributed by atoms with E-state index in [0.717, 1.165) is 0 Å². The molecule has 1 amide bonds. The molecule has 1 rings (SSSR count). The van der Waals surface area contributed by atoms with Crippen molar-refractivity contribution in [3.63, 3.8) is 0 Å². The van der Waals surface area contributed by atoms with Crippen LogP contribution in [0.1, 0.15) is 24.3 Å². The van der Waals surface area contributed by atoms with E-state index >= 15 is 0 Å². The van der Waals surface area contributed by atoms with E-state index in [2.05, 4.69) is 15.0 Å². The van der Waals surface area contributed by atoms with Crippen LogP contribution < -0.4 is 5.32 Å². The first-order chi connectivity index (χ1) is 9.10. The van der Waals surface area contributed by atoms with Gasteiger partial charge in [0, 0.05) is 6.07 Å². The van der Waals surface area contributed by atoms with Crippen molar-refractivity contribution in [3.05, 3.63) is 18.0 Å². The van der Waals surface area contributed by atoms with Crippen molar-refractivity contribution < 1.29 is 28.4 Å².